The summed E-state index contributed by atoms with van der Waals surface area (Å²) in [6.07, 6.45) is 3.74. The predicted octanol–water partition coefficient (Wildman–Crippen LogP) is 1.47. The number of carbonyl (C=O) groups excluding carboxylic acids is 1. The Bertz CT molecular complexity index is 296. The van der Waals surface area contributed by atoms with Crippen LogP contribution in [-0.2, 0) is 0 Å². The van der Waals surface area contributed by atoms with Crippen LogP contribution in [0.4, 0.5) is 4.79 Å². The number of carbonyl (C=O) groups is 1. The second-order valence-electron chi connectivity index (χ2n) is 4.90. The van der Waals surface area contributed by atoms with Gasteiger partial charge in [-0.05, 0) is 31.1 Å². The van der Waals surface area contributed by atoms with Gasteiger partial charge in [-0.1, -0.05) is 13.8 Å². The standard InChI is InChI=1S/C10H17N3O/c1-10(2)7-4-3-6(5-7)8(10)12-13-9(11)14/h6-7H,3-5H2,1-2H3,(H3,11,13,14)/b12-8-/t6-,7-/m0/s1. The van der Waals surface area contributed by atoms with E-state index >= 15 is 0 Å². The minimum atomic E-state index is -0.573. The van der Waals surface area contributed by atoms with E-state index in [1.54, 1.807) is 0 Å². The van der Waals surface area contributed by atoms with Gasteiger partial charge in [-0.3, -0.25) is 0 Å². The van der Waals surface area contributed by atoms with E-state index < -0.39 is 6.03 Å². The number of rotatable bonds is 1. The van der Waals surface area contributed by atoms with Crippen LogP contribution in [0.25, 0.3) is 0 Å². The zero-order chi connectivity index (χ0) is 10.3. The van der Waals surface area contributed by atoms with E-state index in [1.807, 2.05) is 0 Å². The fourth-order valence-electron chi connectivity index (χ4n) is 2.97. The quantitative estimate of drug-likeness (QED) is 0.611. The van der Waals surface area contributed by atoms with Crippen LogP contribution in [0.5, 0.6) is 0 Å². The topological polar surface area (TPSA) is 67.5 Å². The number of amides is 2. The van der Waals surface area contributed by atoms with E-state index in [-0.39, 0.29) is 5.41 Å². The molecule has 4 nitrogen and oxygen atoms in total. The minimum absolute atomic E-state index is 0.144. The van der Waals surface area contributed by atoms with Gasteiger partial charge in [0.1, 0.15) is 0 Å². The van der Waals surface area contributed by atoms with Crippen LogP contribution in [0.3, 0.4) is 0 Å². The van der Waals surface area contributed by atoms with Crippen LogP contribution >= 0.6 is 0 Å². The van der Waals surface area contributed by atoms with Gasteiger partial charge in [0.05, 0.1) is 0 Å². The summed E-state index contributed by atoms with van der Waals surface area (Å²) in [5.41, 5.74) is 8.63. The molecular weight excluding hydrogens is 178 g/mol. The number of hydrogen-bond acceptors (Lipinski definition) is 2. The number of hydrogen-bond donors (Lipinski definition) is 2. The molecule has 2 fully saturated rings. The average molecular weight is 195 g/mol. The minimum Gasteiger partial charge on any atom is -0.350 e. The Morgan fingerprint density at radius 1 is 1.57 bits per heavy atom. The highest BCUT2D eigenvalue weighted by atomic mass is 16.2. The summed E-state index contributed by atoms with van der Waals surface area (Å²) in [6.45, 7) is 4.41. The number of nitrogens with one attached hydrogen (secondary N) is 1. The van der Waals surface area contributed by atoms with Crippen molar-refractivity contribution in [1.29, 1.82) is 0 Å². The monoisotopic (exact) mass is 195 g/mol. The molecule has 2 aliphatic rings. The fourth-order valence-corrected chi connectivity index (χ4v) is 2.97. The van der Waals surface area contributed by atoms with Gasteiger partial charge in [-0.25, -0.2) is 10.2 Å². The third-order valence-electron chi connectivity index (χ3n) is 3.79. The van der Waals surface area contributed by atoms with Crippen molar-refractivity contribution in [2.24, 2.45) is 28.1 Å². The summed E-state index contributed by atoms with van der Waals surface area (Å²) in [5, 5.41) is 4.15. The normalized spacial score (nSPS) is 36.3. The molecule has 14 heavy (non-hydrogen) atoms. The van der Waals surface area contributed by atoms with Crippen LogP contribution in [0.15, 0.2) is 5.10 Å². The summed E-state index contributed by atoms with van der Waals surface area (Å²) in [4.78, 5) is 10.6. The SMILES string of the molecule is CC1(C)/C(=N\NC(N)=O)[C@H]2CC[C@H]1C2. The summed E-state index contributed by atoms with van der Waals surface area (Å²) in [5.74, 6) is 1.31. The molecule has 2 aliphatic carbocycles. The van der Waals surface area contributed by atoms with Crippen LogP contribution in [0.2, 0.25) is 0 Å². The predicted molar refractivity (Wildman–Crippen MR) is 54.8 cm³/mol. The maximum Gasteiger partial charge on any atom is 0.332 e. The van der Waals surface area contributed by atoms with Crippen molar-refractivity contribution in [1.82, 2.24) is 5.43 Å². The summed E-state index contributed by atoms with van der Waals surface area (Å²) in [7, 11) is 0. The first kappa shape index (κ1) is 9.49. The maximum absolute atomic E-state index is 10.6. The molecule has 2 saturated carbocycles. The van der Waals surface area contributed by atoms with Crippen molar-refractivity contribution in [2.45, 2.75) is 33.1 Å². The van der Waals surface area contributed by atoms with E-state index in [0.717, 1.165) is 11.6 Å². The van der Waals surface area contributed by atoms with Gasteiger partial charge in [0, 0.05) is 11.1 Å². The molecule has 0 saturated heterocycles. The van der Waals surface area contributed by atoms with Crippen LogP contribution in [0.1, 0.15) is 33.1 Å². The Morgan fingerprint density at radius 2 is 2.29 bits per heavy atom. The molecule has 2 bridgehead atoms. The van der Waals surface area contributed by atoms with Crippen molar-refractivity contribution < 1.29 is 4.79 Å². The number of nitrogens with two attached hydrogens (primary N) is 1. The van der Waals surface area contributed by atoms with E-state index in [1.165, 1.54) is 19.3 Å². The van der Waals surface area contributed by atoms with Gasteiger partial charge in [-0.15, -0.1) is 0 Å². The summed E-state index contributed by atoms with van der Waals surface area (Å²) >= 11 is 0. The average Bonchev–Trinajstić information content (AvgIpc) is 2.59. The molecule has 2 rings (SSSR count). The summed E-state index contributed by atoms with van der Waals surface area (Å²) in [6, 6.07) is -0.573. The van der Waals surface area contributed by atoms with Crippen LogP contribution in [-0.4, -0.2) is 11.7 Å². The number of nitrogens with zero attached hydrogens (tertiary/aromatic N) is 1. The Balaban J connectivity index is 2.19. The first-order valence-corrected chi connectivity index (χ1v) is 5.15. The van der Waals surface area contributed by atoms with Gasteiger partial charge in [-0.2, -0.15) is 5.10 Å². The van der Waals surface area contributed by atoms with E-state index in [0.29, 0.717) is 5.92 Å². The zero-order valence-electron chi connectivity index (χ0n) is 8.71. The lowest BCUT2D eigenvalue weighted by molar-refractivity contribution is 0.249. The van der Waals surface area contributed by atoms with Gasteiger partial charge in [0.25, 0.3) is 0 Å². The third kappa shape index (κ3) is 1.29. The van der Waals surface area contributed by atoms with E-state index in [4.69, 9.17) is 5.73 Å². The Hall–Kier alpha value is -1.06. The lowest BCUT2D eigenvalue weighted by Gasteiger charge is -2.30. The van der Waals surface area contributed by atoms with Gasteiger partial charge in [0.15, 0.2) is 0 Å². The van der Waals surface area contributed by atoms with E-state index in [9.17, 15) is 4.79 Å². The van der Waals surface area contributed by atoms with Crippen LogP contribution < -0.4 is 11.2 Å². The first-order valence-electron chi connectivity index (χ1n) is 5.15. The molecule has 3 N–H and O–H groups in total. The van der Waals surface area contributed by atoms with Crippen molar-refractivity contribution >= 4 is 11.7 Å². The zero-order valence-corrected chi connectivity index (χ0v) is 8.71. The highest BCUT2D eigenvalue weighted by Gasteiger charge is 2.50. The molecular formula is C10H17N3O. The van der Waals surface area contributed by atoms with Crippen LogP contribution in [0, 0.1) is 17.3 Å². The number of primary amides is 1. The molecule has 0 aromatic rings. The van der Waals surface area contributed by atoms with Crippen molar-refractivity contribution in [2.75, 3.05) is 0 Å². The molecule has 2 atom stereocenters. The van der Waals surface area contributed by atoms with E-state index in [2.05, 4.69) is 24.4 Å². The molecule has 0 spiro atoms. The van der Waals surface area contributed by atoms with Crippen molar-refractivity contribution in [3.63, 3.8) is 0 Å². The second-order valence-corrected chi connectivity index (χ2v) is 4.90. The highest BCUT2D eigenvalue weighted by molar-refractivity contribution is 5.95. The first-order chi connectivity index (χ1) is 6.51. The molecule has 0 aliphatic heterocycles. The molecule has 0 heterocycles. The molecule has 0 aromatic heterocycles. The number of hydrazone groups is 1. The van der Waals surface area contributed by atoms with Crippen molar-refractivity contribution in [3.8, 4) is 0 Å². The van der Waals surface area contributed by atoms with Gasteiger partial charge in [0.2, 0.25) is 0 Å². The highest BCUT2D eigenvalue weighted by Crippen LogP contribution is 2.53. The smallest absolute Gasteiger partial charge is 0.332 e. The Kier molecular flexibility index (Phi) is 2.01. The molecule has 2 amide bonds. The largest absolute Gasteiger partial charge is 0.350 e. The van der Waals surface area contributed by atoms with Crippen molar-refractivity contribution in [3.05, 3.63) is 0 Å². The van der Waals surface area contributed by atoms with Gasteiger partial charge < -0.3 is 5.73 Å². The second kappa shape index (κ2) is 2.97. The lowest BCUT2D eigenvalue weighted by Crippen LogP contribution is -2.34. The molecule has 0 unspecified atom stereocenters. The fraction of sp³-hybridized carbons (Fsp3) is 0.800. The maximum atomic E-state index is 10.6. The third-order valence-corrected chi connectivity index (χ3v) is 3.79. The molecule has 4 heteroatoms. The number of fused-ring (bicyclic) bond motifs is 2. The molecule has 0 aromatic carbocycles. The number of urea groups is 1. The lowest BCUT2D eigenvalue weighted by atomic mass is 9.75. The van der Waals surface area contributed by atoms with Gasteiger partial charge >= 0.3 is 6.03 Å². The summed E-state index contributed by atoms with van der Waals surface area (Å²) < 4.78 is 0. The Labute approximate surface area is 83.9 Å². The molecule has 0 radical (unpaired) electrons. The molecule has 78 valence electrons. The Morgan fingerprint density at radius 3 is 2.79 bits per heavy atom.